The van der Waals surface area contributed by atoms with Gasteiger partial charge in [0, 0.05) is 31.4 Å². The second-order valence-electron chi connectivity index (χ2n) is 12.6. The van der Waals surface area contributed by atoms with E-state index in [4.69, 9.17) is 28.1 Å². The maximum Gasteiger partial charge on any atom is 0.228 e. The topological polar surface area (TPSA) is 132 Å². The largest absolute Gasteiger partial charge is 0.616 e. The van der Waals surface area contributed by atoms with E-state index >= 15 is 0 Å². The highest BCUT2D eigenvalue weighted by Crippen LogP contribution is 2.48. The number of carbonyl (C=O) groups excluding carboxylic acids is 1. The van der Waals surface area contributed by atoms with Crippen molar-refractivity contribution in [3.8, 4) is 0 Å². The highest BCUT2D eigenvalue weighted by atomic mass is 35.5. The molecule has 0 aromatic heterocycles. The molecule has 1 amide bonds. The fraction of sp³-hybridized carbons (Fsp3) is 0.931. The summed E-state index contributed by atoms with van der Waals surface area (Å²) in [6.07, 6.45) is 15.4. The molecule has 0 aromatic rings. The van der Waals surface area contributed by atoms with E-state index in [0.717, 1.165) is 58.2 Å². The van der Waals surface area contributed by atoms with Crippen LogP contribution in [-0.4, -0.2) is 88.4 Å². The Hall–Kier alpha value is -0.420. The van der Waals surface area contributed by atoms with E-state index in [2.05, 4.69) is 22.5 Å². The van der Waals surface area contributed by atoms with Gasteiger partial charge in [-0.05, 0) is 56.9 Å². The number of nitrogens with one attached hydrogen (secondary N) is 2. The first-order valence-electron chi connectivity index (χ1n) is 15.6. The molecule has 6 unspecified atom stereocenters. The number of alkyl halides is 1. The molecule has 39 heavy (non-hydrogen) atoms. The molecule has 10 heteroatoms. The van der Waals surface area contributed by atoms with Crippen LogP contribution >= 0.6 is 11.6 Å². The molecule has 4 rings (SSSR count). The van der Waals surface area contributed by atoms with E-state index in [1.165, 1.54) is 44.9 Å². The molecule has 3 heterocycles. The minimum atomic E-state index is -0.797. The molecular formula is C29H53ClN6O2S. The maximum atomic E-state index is 14.2. The van der Waals surface area contributed by atoms with Gasteiger partial charge in [0.25, 0.3) is 0 Å². The zero-order valence-corrected chi connectivity index (χ0v) is 25.6. The van der Waals surface area contributed by atoms with Crippen LogP contribution in [0.4, 0.5) is 0 Å². The average Bonchev–Trinajstić information content (AvgIpc) is 3.38. The molecule has 0 radical (unpaired) electrons. The number of nitrogens with two attached hydrogens (primary N) is 2. The van der Waals surface area contributed by atoms with Crippen molar-refractivity contribution in [3.63, 3.8) is 0 Å². The Morgan fingerprint density at radius 1 is 1.21 bits per heavy atom. The van der Waals surface area contributed by atoms with Gasteiger partial charge in [-0.3, -0.25) is 14.7 Å². The lowest BCUT2D eigenvalue weighted by molar-refractivity contribution is -0.128. The number of hydrogen-bond acceptors (Lipinski definition) is 7. The Labute approximate surface area is 244 Å². The summed E-state index contributed by atoms with van der Waals surface area (Å²) in [4.78, 5) is 21.5. The van der Waals surface area contributed by atoms with Gasteiger partial charge in [0.2, 0.25) is 5.91 Å². The van der Waals surface area contributed by atoms with Crippen molar-refractivity contribution in [2.24, 2.45) is 27.8 Å². The molecule has 224 valence electrons. The van der Waals surface area contributed by atoms with Crippen LogP contribution < -0.4 is 22.1 Å². The summed E-state index contributed by atoms with van der Waals surface area (Å²) in [5.74, 6) is 0.740. The quantitative estimate of drug-likeness (QED) is 0.135. The van der Waals surface area contributed by atoms with E-state index in [1.54, 1.807) is 0 Å². The predicted octanol–water partition coefficient (Wildman–Crippen LogP) is 2.89. The fourth-order valence-electron chi connectivity index (χ4n) is 7.64. The zero-order valence-electron chi connectivity index (χ0n) is 24.0. The summed E-state index contributed by atoms with van der Waals surface area (Å²) < 4.78 is 12.1. The number of unbranched alkanes of at least 4 members (excludes halogenated alkanes) is 3. The smallest absolute Gasteiger partial charge is 0.228 e. The van der Waals surface area contributed by atoms with Crippen molar-refractivity contribution in [2.75, 3.05) is 31.1 Å². The minimum absolute atomic E-state index is 0.0422. The van der Waals surface area contributed by atoms with Gasteiger partial charge >= 0.3 is 0 Å². The first-order valence-corrected chi connectivity index (χ1v) is 17.6. The van der Waals surface area contributed by atoms with E-state index in [1.807, 2.05) is 6.21 Å². The molecular weight excluding hydrogens is 532 g/mol. The number of amides is 1. The van der Waals surface area contributed by atoms with Crippen molar-refractivity contribution >= 4 is 34.9 Å². The lowest BCUT2D eigenvalue weighted by atomic mass is 9.72. The van der Waals surface area contributed by atoms with Crippen LogP contribution in [0.2, 0.25) is 0 Å². The molecule has 1 saturated carbocycles. The van der Waals surface area contributed by atoms with E-state index in [9.17, 15) is 9.35 Å². The van der Waals surface area contributed by atoms with Gasteiger partial charge in [0.15, 0.2) is 0 Å². The van der Waals surface area contributed by atoms with E-state index < -0.39 is 23.3 Å². The van der Waals surface area contributed by atoms with E-state index in [0.29, 0.717) is 11.5 Å². The lowest BCUT2D eigenvalue weighted by Gasteiger charge is -2.46. The molecule has 8 nitrogen and oxygen atoms in total. The highest BCUT2D eigenvalue weighted by Gasteiger charge is 2.44. The molecule has 2 saturated heterocycles. The van der Waals surface area contributed by atoms with Crippen LogP contribution in [0.3, 0.4) is 0 Å². The van der Waals surface area contributed by atoms with Crippen LogP contribution in [0.5, 0.6) is 0 Å². The number of rotatable bonds is 10. The standard InChI is InChI=1S/C29H53ClN6O2S/c1-2-3-4-5-8-22-26(24(10-14-33-22)36-15-17-39(38)18-16-36)35-28(37)25(27(31)32)23-19-29(11-6-7-12-29)13-9-21(30)20-34-23/h20-27,33H,2-19,31-32H2,1H3,(H,35,37)/b34-20-. The molecule has 4 aliphatic rings. The highest BCUT2D eigenvalue weighted by molar-refractivity contribution is 7.91. The molecule has 3 aliphatic heterocycles. The van der Waals surface area contributed by atoms with Crippen molar-refractivity contribution in [1.29, 1.82) is 0 Å². The van der Waals surface area contributed by atoms with Crippen LogP contribution in [0.25, 0.3) is 0 Å². The molecule has 6 N–H and O–H groups in total. The summed E-state index contributed by atoms with van der Waals surface area (Å²) in [5, 5.41) is 7.10. The monoisotopic (exact) mass is 584 g/mol. The third kappa shape index (κ3) is 8.55. The van der Waals surface area contributed by atoms with Crippen LogP contribution in [0.1, 0.15) is 90.4 Å². The first-order chi connectivity index (χ1) is 18.8. The maximum absolute atomic E-state index is 14.2. The minimum Gasteiger partial charge on any atom is -0.616 e. The third-order valence-electron chi connectivity index (χ3n) is 9.88. The zero-order chi connectivity index (χ0) is 27.8. The van der Waals surface area contributed by atoms with Crippen LogP contribution in [-0.2, 0) is 16.0 Å². The number of piperidine rings is 1. The number of nitrogens with zero attached hydrogens (tertiary/aromatic N) is 2. The average molecular weight is 585 g/mol. The second-order valence-corrected chi connectivity index (χ2v) is 14.9. The molecule has 0 aromatic carbocycles. The first kappa shape index (κ1) is 31.5. The van der Waals surface area contributed by atoms with Gasteiger partial charge in [0.1, 0.15) is 11.5 Å². The Morgan fingerprint density at radius 2 is 1.95 bits per heavy atom. The Balaban J connectivity index is 1.54. The van der Waals surface area contributed by atoms with Crippen molar-refractivity contribution in [2.45, 2.75) is 126 Å². The lowest BCUT2D eigenvalue weighted by Crippen LogP contribution is -2.67. The molecule has 1 spiro atoms. The van der Waals surface area contributed by atoms with Gasteiger partial charge in [-0.25, -0.2) is 0 Å². The number of halogens is 1. The van der Waals surface area contributed by atoms with Crippen molar-refractivity contribution in [1.82, 2.24) is 15.5 Å². The molecule has 6 atom stereocenters. The Bertz CT molecular complexity index is 790. The van der Waals surface area contributed by atoms with Crippen LogP contribution in [0.15, 0.2) is 4.99 Å². The number of hydrogen-bond donors (Lipinski definition) is 4. The normalized spacial score (nSPS) is 34.1. The van der Waals surface area contributed by atoms with Gasteiger partial charge in [-0.2, -0.15) is 0 Å². The molecule has 1 aliphatic carbocycles. The Kier molecular flexibility index (Phi) is 12.3. The molecule has 0 bridgehead atoms. The van der Waals surface area contributed by atoms with Crippen LogP contribution in [0, 0.1) is 11.3 Å². The summed E-state index contributed by atoms with van der Waals surface area (Å²) in [7, 11) is 0. The SMILES string of the molecule is CCCCCCC1NCCC(N2CC[S+]([O-])CC2)C1NC(=O)C(C(N)N)C1CC2(CCCC2)CCC(Cl)/C=N\1. The van der Waals surface area contributed by atoms with Gasteiger partial charge < -0.3 is 26.7 Å². The summed E-state index contributed by atoms with van der Waals surface area (Å²) in [5.41, 5.74) is 12.9. The molecule has 3 fully saturated rings. The number of aliphatic imine (C=N–C) groups is 1. The third-order valence-corrected chi connectivity index (χ3v) is 11.5. The van der Waals surface area contributed by atoms with Gasteiger partial charge in [-0.15, -0.1) is 11.6 Å². The Morgan fingerprint density at radius 3 is 2.64 bits per heavy atom. The van der Waals surface area contributed by atoms with Gasteiger partial charge in [0.05, 0.1) is 29.5 Å². The van der Waals surface area contributed by atoms with E-state index in [-0.39, 0.29) is 40.9 Å². The summed E-state index contributed by atoms with van der Waals surface area (Å²) in [6.45, 7) is 4.80. The summed E-state index contributed by atoms with van der Waals surface area (Å²) >= 11 is 5.86. The fourth-order valence-corrected chi connectivity index (χ4v) is 8.89. The van der Waals surface area contributed by atoms with Crippen molar-refractivity contribution in [3.05, 3.63) is 0 Å². The van der Waals surface area contributed by atoms with Gasteiger partial charge in [-0.1, -0.05) is 56.6 Å². The predicted molar refractivity (Wildman–Crippen MR) is 163 cm³/mol. The number of carbonyl (C=O) groups is 1. The van der Waals surface area contributed by atoms with Crippen molar-refractivity contribution < 1.29 is 9.35 Å². The second kappa shape index (κ2) is 15.2. The summed E-state index contributed by atoms with van der Waals surface area (Å²) in [6, 6.07) is 0.105.